The van der Waals surface area contributed by atoms with E-state index in [0.29, 0.717) is 13.1 Å². The lowest BCUT2D eigenvalue weighted by molar-refractivity contribution is 0.672. The first-order valence-electron chi connectivity index (χ1n) is 4.50. The predicted octanol–water partition coefficient (Wildman–Crippen LogP) is 0.785. The Morgan fingerprint density at radius 1 is 1.36 bits per heavy atom. The van der Waals surface area contributed by atoms with Gasteiger partial charge in [0.2, 0.25) is 0 Å². The summed E-state index contributed by atoms with van der Waals surface area (Å²) >= 11 is 0. The fourth-order valence-electron chi connectivity index (χ4n) is 1.23. The van der Waals surface area contributed by atoms with Gasteiger partial charge in [-0.2, -0.15) is 5.10 Å². The summed E-state index contributed by atoms with van der Waals surface area (Å²) in [6.45, 7) is 1.24. The van der Waals surface area contributed by atoms with Gasteiger partial charge in [0.05, 0.1) is 12.2 Å². The number of nitrogens with two attached hydrogens (primary N) is 1. The molecule has 0 radical (unpaired) electrons. The summed E-state index contributed by atoms with van der Waals surface area (Å²) in [4.78, 5) is 4.28. The predicted molar refractivity (Wildman–Crippen MR) is 53.5 cm³/mol. The van der Waals surface area contributed by atoms with Crippen LogP contribution in [-0.2, 0) is 13.1 Å². The molecule has 4 nitrogen and oxygen atoms in total. The molecule has 0 aliphatic heterocycles. The van der Waals surface area contributed by atoms with E-state index in [1.54, 1.807) is 12.4 Å². The molecular weight excluding hydrogens is 176 g/mol. The molecule has 2 N–H and O–H groups in total. The Labute approximate surface area is 82.4 Å². The molecule has 0 saturated carbocycles. The van der Waals surface area contributed by atoms with E-state index in [-0.39, 0.29) is 0 Å². The lowest BCUT2D eigenvalue weighted by Crippen LogP contribution is -2.03. The molecule has 0 aliphatic rings. The van der Waals surface area contributed by atoms with Crippen LogP contribution < -0.4 is 5.73 Å². The second-order valence-electron chi connectivity index (χ2n) is 3.07. The summed E-state index contributed by atoms with van der Waals surface area (Å²) in [5, 5.41) is 4.11. The summed E-state index contributed by atoms with van der Waals surface area (Å²) in [5.74, 6) is 0. The Kier molecular flexibility index (Phi) is 2.55. The van der Waals surface area contributed by atoms with Crippen LogP contribution >= 0.6 is 0 Å². The molecule has 4 heteroatoms. The van der Waals surface area contributed by atoms with Crippen LogP contribution in [0.3, 0.4) is 0 Å². The molecule has 0 atom stereocenters. The molecule has 2 aromatic heterocycles. The Morgan fingerprint density at radius 3 is 2.86 bits per heavy atom. The van der Waals surface area contributed by atoms with E-state index < -0.39 is 0 Å². The largest absolute Gasteiger partial charge is 0.326 e. The van der Waals surface area contributed by atoms with Crippen molar-refractivity contribution in [1.29, 1.82) is 0 Å². The van der Waals surface area contributed by atoms with E-state index in [0.717, 1.165) is 11.3 Å². The lowest BCUT2D eigenvalue weighted by Gasteiger charge is -2.01. The zero-order valence-corrected chi connectivity index (χ0v) is 7.80. The smallest absolute Gasteiger partial charge is 0.0831 e. The van der Waals surface area contributed by atoms with Gasteiger partial charge >= 0.3 is 0 Å². The molecule has 72 valence electrons. The maximum atomic E-state index is 5.48. The third kappa shape index (κ3) is 1.97. The number of rotatable bonds is 3. The van der Waals surface area contributed by atoms with Crippen LogP contribution in [0.15, 0.2) is 36.8 Å². The summed E-state index contributed by atoms with van der Waals surface area (Å²) in [6.07, 6.45) is 5.48. The van der Waals surface area contributed by atoms with Crippen molar-refractivity contribution in [2.75, 3.05) is 0 Å². The number of pyridine rings is 1. The molecule has 2 heterocycles. The molecule has 0 amide bonds. The third-order valence-corrected chi connectivity index (χ3v) is 2.00. The van der Waals surface area contributed by atoms with E-state index in [1.165, 1.54) is 0 Å². The minimum atomic E-state index is 0.537. The number of nitrogens with zero attached hydrogens (tertiary/aromatic N) is 3. The third-order valence-electron chi connectivity index (χ3n) is 2.00. The van der Waals surface area contributed by atoms with E-state index in [4.69, 9.17) is 5.73 Å². The first-order chi connectivity index (χ1) is 6.88. The van der Waals surface area contributed by atoms with Gasteiger partial charge in [-0.25, -0.2) is 0 Å². The van der Waals surface area contributed by atoms with Gasteiger partial charge in [-0.3, -0.25) is 9.67 Å². The highest BCUT2D eigenvalue weighted by molar-refractivity contribution is 5.13. The van der Waals surface area contributed by atoms with Crippen molar-refractivity contribution in [3.05, 3.63) is 48.0 Å². The standard InChI is InChI=1S/C10H12N4/c11-6-9-2-3-10(12-7-9)8-14-5-1-4-13-14/h1-5,7H,6,8,11H2. The molecule has 0 unspecified atom stereocenters. The van der Waals surface area contributed by atoms with Crippen molar-refractivity contribution < 1.29 is 0 Å². The van der Waals surface area contributed by atoms with Crippen molar-refractivity contribution >= 4 is 0 Å². The summed E-state index contributed by atoms with van der Waals surface area (Å²) in [7, 11) is 0. The number of hydrogen-bond acceptors (Lipinski definition) is 3. The molecule has 2 aromatic rings. The van der Waals surface area contributed by atoms with Gasteiger partial charge in [0.1, 0.15) is 0 Å². The lowest BCUT2D eigenvalue weighted by atomic mass is 10.2. The van der Waals surface area contributed by atoms with Crippen molar-refractivity contribution in [2.24, 2.45) is 5.73 Å². The highest BCUT2D eigenvalue weighted by atomic mass is 15.3. The second-order valence-corrected chi connectivity index (χ2v) is 3.07. The average Bonchev–Trinajstić information content (AvgIpc) is 2.72. The topological polar surface area (TPSA) is 56.7 Å². The Bertz CT molecular complexity index is 377. The summed E-state index contributed by atoms with van der Waals surface area (Å²) < 4.78 is 1.84. The minimum Gasteiger partial charge on any atom is -0.326 e. The molecule has 0 bridgehead atoms. The average molecular weight is 188 g/mol. The zero-order chi connectivity index (χ0) is 9.80. The van der Waals surface area contributed by atoms with Crippen LogP contribution in [-0.4, -0.2) is 14.8 Å². The highest BCUT2D eigenvalue weighted by Crippen LogP contribution is 2.01. The van der Waals surface area contributed by atoms with Gasteiger partial charge in [0.25, 0.3) is 0 Å². The molecule has 14 heavy (non-hydrogen) atoms. The second kappa shape index (κ2) is 4.02. The quantitative estimate of drug-likeness (QED) is 0.774. The van der Waals surface area contributed by atoms with Crippen LogP contribution in [0.2, 0.25) is 0 Å². The van der Waals surface area contributed by atoms with Crippen LogP contribution in [0.1, 0.15) is 11.3 Å². The van der Waals surface area contributed by atoms with Crippen LogP contribution in [0, 0.1) is 0 Å². The van der Waals surface area contributed by atoms with Crippen molar-refractivity contribution in [3.63, 3.8) is 0 Å². The summed E-state index contributed by atoms with van der Waals surface area (Å²) in [6, 6.07) is 5.87. The first kappa shape index (κ1) is 8.90. The van der Waals surface area contributed by atoms with Gasteiger partial charge in [-0.1, -0.05) is 6.07 Å². The molecule has 0 aromatic carbocycles. The molecule has 0 aliphatic carbocycles. The van der Waals surface area contributed by atoms with Crippen molar-refractivity contribution in [2.45, 2.75) is 13.1 Å². The van der Waals surface area contributed by atoms with Gasteiger partial charge in [0.15, 0.2) is 0 Å². The van der Waals surface area contributed by atoms with Crippen LogP contribution in [0.5, 0.6) is 0 Å². The van der Waals surface area contributed by atoms with Gasteiger partial charge in [-0.15, -0.1) is 0 Å². The SMILES string of the molecule is NCc1ccc(Cn2cccn2)nc1. The number of aromatic nitrogens is 3. The van der Waals surface area contributed by atoms with Crippen LogP contribution in [0.4, 0.5) is 0 Å². The fourth-order valence-corrected chi connectivity index (χ4v) is 1.23. The Balaban J connectivity index is 2.10. The Hall–Kier alpha value is -1.68. The maximum absolute atomic E-state index is 5.48. The van der Waals surface area contributed by atoms with Gasteiger partial charge < -0.3 is 5.73 Å². The maximum Gasteiger partial charge on any atom is 0.0831 e. The van der Waals surface area contributed by atoms with E-state index >= 15 is 0 Å². The minimum absolute atomic E-state index is 0.537. The summed E-state index contributed by atoms with van der Waals surface area (Å²) in [5.41, 5.74) is 7.52. The van der Waals surface area contributed by atoms with Crippen molar-refractivity contribution in [3.8, 4) is 0 Å². The van der Waals surface area contributed by atoms with E-state index in [9.17, 15) is 0 Å². The molecule has 0 spiro atoms. The first-order valence-corrected chi connectivity index (χ1v) is 4.50. The van der Waals surface area contributed by atoms with E-state index in [1.807, 2.05) is 29.1 Å². The number of hydrogen-bond donors (Lipinski definition) is 1. The van der Waals surface area contributed by atoms with Gasteiger partial charge in [-0.05, 0) is 17.7 Å². The zero-order valence-electron chi connectivity index (χ0n) is 7.80. The van der Waals surface area contributed by atoms with Crippen molar-refractivity contribution in [1.82, 2.24) is 14.8 Å². The van der Waals surface area contributed by atoms with Crippen LogP contribution in [0.25, 0.3) is 0 Å². The molecule has 0 fully saturated rings. The monoisotopic (exact) mass is 188 g/mol. The highest BCUT2D eigenvalue weighted by Gasteiger charge is 1.96. The molecular formula is C10H12N4. The fraction of sp³-hybridized carbons (Fsp3) is 0.200. The van der Waals surface area contributed by atoms with Gasteiger partial charge in [0, 0.05) is 25.1 Å². The normalized spacial score (nSPS) is 10.4. The van der Waals surface area contributed by atoms with E-state index in [2.05, 4.69) is 10.1 Å². The molecule has 2 rings (SSSR count). The Morgan fingerprint density at radius 2 is 2.29 bits per heavy atom. The molecule has 0 saturated heterocycles.